The zero-order chi connectivity index (χ0) is 19.3. The van der Waals surface area contributed by atoms with E-state index in [2.05, 4.69) is 10.1 Å². The average Bonchev–Trinajstić information content (AvgIpc) is 3.34. The van der Waals surface area contributed by atoms with Gasteiger partial charge in [-0.25, -0.2) is 13.9 Å². The first kappa shape index (κ1) is 20.2. The van der Waals surface area contributed by atoms with Crippen molar-refractivity contribution in [2.75, 3.05) is 0 Å². The SMILES string of the molecule is CC.Clc1cc(C2CC2)c2nccn2n1.Fc1ccccc1C(F)(F)F. The van der Waals surface area contributed by atoms with Crippen molar-refractivity contribution < 1.29 is 17.6 Å². The van der Waals surface area contributed by atoms with Crippen molar-refractivity contribution in [3.05, 3.63) is 64.8 Å². The van der Waals surface area contributed by atoms with Gasteiger partial charge < -0.3 is 0 Å². The molecule has 1 saturated carbocycles. The third-order valence-electron chi connectivity index (χ3n) is 3.55. The van der Waals surface area contributed by atoms with E-state index < -0.39 is 17.6 Å². The third-order valence-corrected chi connectivity index (χ3v) is 3.74. The summed E-state index contributed by atoms with van der Waals surface area (Å²) in [5.41, 5.74) is 0.969. The van der Waals surface area contributed by atoms with Crippen molar-refractivity contribution in [3.63, 3.8) is 0 Å². The molecular weight excluding hydrogens is 370 g/mol. The Bertz CT molecular complexity index is 857. The predicted octanol–water partition coefficient (Wildman–Crippen LogP) is 6.13. The van der Waals surface area contributed by atoms with Gasteiger partial charge in [-0.15, -0.1) is 0 Å². The van der Waals surface area contributed by atoms with Gasteiger partial charge in [0.1, 0.15) is 11.0 Å². The third kappa shape index (κ3) is 4.94. The van der Waals surface area contributed by atoms with Gasteiger partial charge in [0.15, 0.2) is 5.65 Å². The van der Waals surface area contributed by atoms with Crippen molar-refractivity contribution in [3.8, 4) is 0 Å². The van der Waals surface area contributed by atoms with Crippen molar-refractivity contribution in [2.24, 2.45) is 0 Å². The van der Waals surface area contributed by atoms with Crippen LogP contribution in [0.25, 0.3) is 5.65 Å². The number of fused-ring (bicyclic) bond motifs is 1. The number of nitrogens with zero attached hydrogens (tertiary/aromatic N) is 3. The summed E-state index contributed by atoms with van der Waals surface area (Å²) in [5.74, 6) is -0.578. The maximum Gasteiger partial charge on any atom is 0.419 e. The molecule has 2 heterocycles. The standard InChI is InChI=1S/C9H8ClN3.C7H4F4.C2H6/c10-8-5-7(6-1-2-6)9-11-3-4-13(9)12-8;8-6-4-2-1-3-5(6)7(9,10)11;1-2/h3-6H,1-2H2;1-4H;1-2H3. The Morgan fingerprint density at radius 2 is 1.81 bits per heavy atom. The number of alkyl halides is 3. The highest BCUT2D eigenvalue weighted by Crippen LogP contribution is 2.41. The molecule has 1 fully saturated rings. The summed E-state index contributed by atoms with van der Waals surface area (Å²) in [6.07, 6.45) is 1.49. The molecule has 0 radical (unpaired) electrons. The first-order valence-electron chi connectivity index (χ1n) is 8.18. The molecule has 2 aromatic heterocycles. The van der Waals surface area contributed by atoms with E-state index in [1.54, 1.807) is 10.7 Å². The quantitative estimate of drug-likeness (QED) is 0.470. The van der Waals surface area contributed by atoms with Crippen LogP contribution in [0, 0.1) is 5.82 Å². The van der Waals surface area contributed by atoms with Crippen LogP contribution < -0.4 is 0 Å². The molecule has 0 amide bonds. The van der Waals surface area contributed by atoms with E-state index in [4.69, 9.17) is 11.6 Å². The van der Waals surface area contributed by atoms with E-state index >= 15 is 0 Å². The lowest BCUT2D eigenvalue weighted by atomic mass is 10.2. The highest BCUT2D eigenvalue weighted by Gasteiger charge is 2.33. The average molecular weight is 388 g/mol. The van der Waals surface area contributed by atoms with Gasteiger partial charge >= 0.3 is 6.18 Å². The summed E-state index contributed by atoms with van der Waals surface area (Å²) in [4.78, 5) is 4.26. The van der Waals surface area contributed by atoms with Gasteiger partial charge in [0.2, 0.25) is 0 Å². The Morgan fingerprint density at radius 1 is 1.15 bits per heavy atom. The maximum absolute atomic E-state index is 12.4. The van der Waals surface area contributed by atoms with Gasteiger partial charge in [0.25, 0.3) is 0 Å². The molecule has 1 aliphatic rings. The van der Waals surface area contributed by atoms with Gasteiger partial charge in [-0.3, -0.25) is 0 Å². The number of halogens is 5. The van der Waals surface area contributed by atoms with Crippen LogP contribution in [0.4, 0.5) is 17.6 Å². The topological polar surface area (TPSA) is 30.2 Å². The normalized spacial score (nSPS) is 13.5. The molecule has 1 aliphatic carbocycles. The monoisotopic (exact) mass is 387 g/mol. The Hall–Kier alpha value is -2.15. The van der Waals surface area contributed by atoms with Crippen LogP contribution in [0.3, 0.4) is 0 Å². The van der Waals surface area contributed by atoms with Crippen molar-refractivity contribution in [1.29, 1.82) is 0 Å². The fourth-order valence-corrected chi connectivity index (χ4v) is 2.49. The molecule has 4 rings (SSSR count). The van der Waals surface area contributed by atoms with Gasteiger partial charge in [-0.05, 0) is 37.0 Å². The Morgan fingerprint density at radius 3 is 2.35 bits per heavy atom. The van der Waals surface area contributed by atoms with Gasteiger partial charge in [-0.1, -0.05) is 37.6 Å². The van der Waals surface area contributed by atoms with Crippen molar-refractivity contribution in [1.82, 2.24) is 14.6 Å². The van der Waals surface area contributed by atoms with Crippen LogP contribution in [0.2, 0.25) is 5.15 Å². The molecule has 8 heteroatoms. The summed E-state index contributed by atoms with van der Waals surface area (Å²) >= 11 is 5.89. The van der Waals surface area contributed by atoms with E-state index in [1.807, 2.05) is 26.1 Å². The minimum absolute atomic E-state index is 0.549. The number of imidazole rings is 1. The molecule has 3 aromatic rings. The summed E-state index contributed by atoms with van der Waals surface area (Å²) in [5, 5.41) is 4.67. The highest BCUT2D eigenvalue weighted by molar-refractivity contribution is 6.29. The lowest BCUT2D eigenvalue weighted by Crippen LogP contribution is -2.07. The highest BCUT2D eigenvalue weighted by atomic mass is 35.5. The van der Waals surface area contributed by atoms with Crippen molar-refractivity contribution in [2.45, 2.75) is 38.8 Å². The van der Waals surface area contributed by atoms with E-state index in [1.165, 1.54) is 24.5 Å². The molecule has 0 unspecified atom stereocenters. The van der Waals surface area contributed by atoms with E-state index in [9.17, 15) is 17.6 Å². The molecule has 0 bridgehead atoms. The molecule has 3 nitrogen and oxygen atoms in total. The van der Waals surface area contributed by atoms with E-state index in [0.717, 1.165) is 17.8 Å². The molecule has 0 aliphatic heterocycles. The summed E-state index contributed by atoms with van der Waals surface area (Å²) in [7, 11) is 0. The Balaban J connectivity index is 0.000000174. The second kappa shape index (κ2) is 8.49. The smallest absolute Gasteiger partial charge is 0.235 e. The molecule has 0 saturated heterocycles. The zero-order valence-corrected chi connectivity index (χ0v) is 15.0. The number of hydrogen-bond donors (Lipinski definition) is 0. The number of aromatic nitrogens is 3. The van der Waals surface area contributed by atoms with Crippen LogP contribution in [0.1, 0.15) is 43.7 Å². The van der Waals surface area contributed by atoms with Gasteiger partial charge in [-0.2, -0.15) is 18.3 Å². The van der Waals surface area contributed by atoms with E-state index in [0.29, 0.717) is 17.1 Å². The fraction of sp³-hybridized carbons (Fsp3) is 0.333. The Kier molecular flexibility index (Phi) is 6.58. The molecule has 0 atom stereocenters. The number of hydrogen-bond acceptors (Lipinski definition) is 2. The number of benzene rings is 1. The number of rotatable bonds is 1. The molecule has 0 N–H and O–H groups in total. The Labute approximate surface area is 153 Å². The van der Waals surface area contributed by atoms with Crippen LogP contribution >= 0.6 is 11.6 Å². The zero-order valence-electron chi connectivity index (χ0n) is 14.3. The fourth-order valence-electron chi connectivity index (χ4n) is 2.29. The lowest BCUT2D eigenvalue weighted by Gasteiger charge is -2.05. The molecule has 1 aromatic carbocycles. The molecule has 140 valence electrons. The second-order valence-electron chi connectivity index (χ2n) is 5.37. The minimum Gasteiger partial charge on any atom is -0.235 e. The van der Waals surface area contributed by atoms with Crippen LogP contribution in [-0.2, 0) is 6.18 Å². The first-order chi connectivity index (χ1) is 12.4. The van der Waals surface area contributed by atoms with Crippen LogP contribution in [0.5, 0.6) is 0 Å². The van der Waals surface area contributed by atoms with Crippen LogP contribution in [-0.4, -0.2) is 14.6 Å². The summed E-state index contributed by atoms with van der Waals surface area (Å²) in [6, 6.07) is 5.77. The maximum atomic E-state index is 12.4. The second-order valence-corrected chi connectivity index (χ2v) is 5.76. The lowest BCUT2D eigenvalue weighted by molar-refractivity contribution is -0.140. The van der Waals surface area contributed by atoms with Crippen molar-refractivity contribution >= 4 is 17.2 Å². The molecular formula is C18H18ClF4N3. The summed E-state index contributed by atoms with van der Waals surface area (Å²) < 4.78 is 49.5. The molecule has 26 heavy (non-hydrogen) atoms. The van der Waals surface area contributed by atoms with Crippen LogP contribution in [0.15, 0.2) is 42.7 Å². The first-order valence-corrected chi connectivity index (χ1v) is 8.55. The predicted molar refractivity (Wildman–Crippen MR) is 92.7 cm³/mol. The molecule has 0 spiro atoms. The minimum atomic E-state index is -4.59. The largest absolute Gasteiger partial charge is 0.419 e. The van der Waals surface area contributed by atoms with Gasteiger partial charge in [0.05, 0.1) is 5.56 Å². The summed E-state index contributed by atoms with van der Waals surface area (Å²) in [6.45, 7) is 4.00. The van der Waals surface area contributed by atoms with E-state index in [-0.39, 0.29) is 0 Å². The van der Waals surface area contributed by atoms with Gasteiger partial charge in [0, 0.05) is 18.0 Å².